The lowest BCUT2D eigenvalue weighted by Crippen LogP contribution is -2.15. The van der Waals surface area contributed by atoms with E-state index in [0.717, 1.165) is 13.0 Å². The molecule has 1 aromatic rings. The zero-order valence-electron chi connectivity index (χ0n) is 8.04. The van der Waals surface area contributed by atoms with Crippen LogP contribution in [0.2, 0.25) is 0 Å². The lowest BCUT2D eigenvalue weighted by molar-refractivity contribution is 0.557. The monoisotopic (exact) mass is 167 g/mol. The van der Waals surface area contributed by atoms with Crippen LogP contribution in [0, 0.1) is 12.8 Å². The van der Waals surface area contributed by atoms with Gasteiger partial charge in [-0.3, -0.25) is 4.68 Å². The third-order valence-corrected chi connectivity index (χ3v) is 2.21. The van der Waals surface area contributed by atoms with Gasteiger partial charge in [0.15, 0.2) is 0 Å². The summed E-state index contributed by atoms with van der Waals surface area (Å²) >= 11 is 0. The first-order valence-corrected chi connectivity index (χ1v) is 4.32. The van der Waals surface area contributed by atoms with Crippen LogP contribution in [0.3, 0.4) is 0 Å². The Hall–Kier alpha value is -0.830. The molecule has 0 radical (unpaired) electrons. The van der Waals surface area contributed by atoms with Gasteiger partial charge in [-0.2, -0.15) is 5.10 Å². The van der Waals surface area contributed by atoms with Gasteiger partial charge >= 0.3 is 0 Å². The van der Waals surface area contributed by atoms with E-state index in [1.165, 1.54) is 11.3 Å². The van der Waals surface area contributed by atoms with Gasteiger partial charge in [0.05, 0.1) is 6.20 Å². The minimum Gasteiger partial charge on any atom is -0.330 e. The van der Waals surface area contributed by atoms with Crippen molar-refractivity contribution in [1.29, 1.82) is 0 Å². The van der Waals surface area contributed by atoms with Crippen molar-refractivity contribution in [2.45, 2.75) is 20.3 Å². The minimum atomic E-state index is 0.541. The summed E-state index contributed by atoms with van der Waals surface area (Å²) in [6, 6.07) is 0. The highest BCUT2D eigenvalue weighted by Crippen LogP contribution is 2.10. The van der Waals surface area contributed by atoms with Crippen molar-refractivity contribution < 1.29 is 0 Å². The SMILES string of the molecule is Cc1cnn(C)c1CC(C)CN. The molecule has 3 heteroatoms. The van der Waals surface area contributed by atoms with E-state index in [-0.39, 0.29) is 0 Å². The fourth-order valence-electron chi connectivity index (χ4n) is 1.28. The molecule has 1 aromatic heterocycles. The second-order valence-corrected chi connectivity index (χ2v) is 3.44. The largest absolute Gasteiger partial charge is 0.330 e. The number of hydrogen-bond donors (Lipinski definition) is 1. The molecule has 0 spiro atoms. The molecular weight excluding hydrogens is 150 g/mol. The molecule has 0 aliphatic heterocycles. The third-order valence-electron chi connectivity index (χ3n) is 2.21. The summed E-state index contributed by atoms with van der Waals surface area (Å²) in [4.78, 5) is 0. The Labute approximate surface area is 73.6 Å². The van der Waals surface area contributed by atoms with Crippen molar-refractivity contribution >= 4 is 0 Å². The molecule has 0 aromatic carbocycles. The zero-order valence-corrected chi connectivity index (χ0v) is 8.04. The summed E-state index contributed by atoms with van der Waals surface area (Å²) in [5.74, 6) is 0.541. The Morgan fingerprint density at radius 3 is 2.75 bits per heavy atom. The number of aryl methyl sites for hydroxylation is 2. The van der Waals surface area contributed by atoms with Crippen LogP contribution >= 0.6 is 0 Å². The summed E-state index contributed by atoms with van der Waals surface area (Å²) in [5.41, 5.74) is 8.12. The van der Waals surface area contributed by atoms with E-state index in [1.807, 2.05) is 17.9 Å². The maximum absolute atomic E-state index is 5.56. The molecule has 68 valence electrons. The molecule has 12 heavy (non-hydrogen) atoms. The van der Waals surface area contributed by atoms with E-state index in [1.54, 1.807) is 0 Å². The highest BCUT2D eigenvalue weighted by Gasteiger charge is 2.07. The van der Waals surface area contributed by atoms with Crippen LogP contribution in [-0.2, 0) is 13.5 Å². The van der Waals surface area contributed by atoms with Crippen LogP contribution in [0.25, 0.3) is 0 Å². The Morgan fingerprint density at radius 1 is 1.67 bits per heavy atom. The van der Waals surface area contributed by atoms with Crippen LogP contribution < -0.4 is 5.73 Å². The van der Waals surface area contributed by atoms with Gasteiger partial charge in [0.1, 0.15) is 0 Å². The maximum atomic E-state index is 5.56. The van der Waals surface area contributed by atoms with Crippen LogP contribution in [0.15, 0.2) is 6.20 Å². The van der Waals surface area contributed by atoms with Crippen molar-refractivity contribution in [3.8, 4) is 0 Å². The Bertz CT molecular complexity index is 233. The second kappa shape index (κ2) is 3.72. The van der Waals surface area contributed by atoms with Gasteiger partial charge in [-0.1, -0.05) is 6.92 Å². The topological polar surface area (TPSA) is 43.8 Å². The number of aromatic nitrogens is 2. The zero-order chi connectivity index (χ0) is 9.14. The molecule has 1 unspecified atom stereocenters. The molecule has 0 aliphatic rings. The average Bonchev–Trinajstić information content (AvgIpc) is 2.35. The first-order chi connectivity index (χ1) is 5.65. The van der Waals surface area contributed by atoms with Gasteiger partial charge in [-0.15, -0.1) is 0 Å². The highest BCUT2D eigenvalue weighted by molar-refractivity contribution is 5.15. The van der Waals surface area contributed by atoms with Crippen LogP contribution in [0.1, 0.15) is 18.2 Å². The molecule has 1 rings (SSSR count). The Morgan fingerprint density at radius 2 is 2.33 bits per heavy atom. The van der Waals surface area contributed by atoms with E-state index in [0.29, 0.717) is 5.92 Å². The van der Waals surface area contributed by atoms with Crippen LogP contribution in [0.4, 0.5) is 0 Å². The molecule has 0 saturated heterocycles. The standard InChI is InChI=1S/C9H17N3/c1-7(5-10)4-9-8(2)6-11-12(9)3/h6-7H,4-5,10H2,1-3H3. The summed E-state index contributed by atoms with van der Waals surface area (Å²) in [7, 11) is 1.98. The fraction of sp³-hybridized carbons (Fsp3) is 0.667. The first kappa shape index (κ1) is 9.26. The van der Waals surface area contributed by atoms with E-state index in [4.69, 9.17) is 5.73 Å². The minimum absolute atomic E-state index is 0.541. The van der Waals surface area contributed by atoms with E-state index < -0.39 is 0 Å². The quantitative estimate of drug-likeness (QED) is 0.725. The molecule has 1 heterocycles. The molecule has 0 saturated carbocycles. The fourth-order valence-corrected chi connectivity index (χ4v) is 1.28. The second-order valence-electron chi connectivity index (χ2n) is 3.44. The molecule has 0 amide bonds. The van der Waals surface area contributed by atoms with E-state index >= 15 is 0 Å². The Balaban J connectivity index is 2.73. The van der Waals surface area contributed by atoms with Crippen LogP contribution in [0.5, 0.6) is 0 Å². The van der Waals surface area contributed by atoms with E-state index in [9.17, 15) is 0 Å². The van der Waals surface area contributed by atoms with Gasteiger partial charge in [0, 0.05) is 12.7 Å². The highest BCUT2D eigenvalue weighted by atomic mass is 15.3. The summed E-state index contributed by atoms with van der Waals surface area (Å²) < 4.78 is 1.93. The van der Waals surface area contributed by atoms with Gasteiger partial charge in [0.25, 0.3) is 0 Å². The average molecular weight is 167 g/mol. The Kier molecular flexibility index (Phi) is 2.87. The van der Waals surface area contributed by atoms with Crippen molar-refractivity contribution in [1.82, 2.24) is 9.78 Å². The molecule has 0 aliphatic carbocycles. The maximum Gasteiger partial charge on any atom is 0.0521 e. The summed E-state index contributed by atoms with van der Waals surface area (Å²) in [6.07, 6.45) is 2.93. The molecule has 0 fully saturated rings. The number of hydrogen-bond acceptors (Lipinski definition) is 2. The predicted molar refractivity (Wildman–Crippen MR) is 49.9 cm³/mol. The normalized spacial score (nSPS) is 13.3. The lowest BCUT2D eigenvalue weighted by Gasteiger charge is -2.09. The lowest BCUT2D eigenvalue weighted by atomic mass is 10.0. The molecule has 0 bridgehead atoms. The van der Waals surface area contributed by atoms with Gasteiger partial charge in [-0.25, -0.2) is 0 Å². The van der Waals surface area contributed by atoms with Gasteiger partial charge in [0.2, 0.25) is 0 Å². The number of nitrogens with zero attached hydrogens (tertiary/aromatic N) is 2. The summed E-state index contributed by atoms with van der Waals surface area (Å²) in [6.45, 7) is 4.99. The van der Waals surface area contributed by atoms with Gasteiger partial charge < -0.3 is 5.73 Å². The third kappa shape index (κ3) is 1.85. The molecule has 3 nitrogen and oxygen atoms in total. The van der Waals surface area contributed by atoms with Crippen molar-refractivity contribution in [3.05, 3.63) is 17.5 Å². The van der Waals surface area contributed by atoms with E-state index in [2.05, 4.69) is 18.9 Å². The predicted octanol–water partition coefficient (Wildman–Crippen LogP) is 0.866. The molecule has 2 N–H and O–H groups in total. The van der Waals surface area contributed by atoms with Crippen molar-refractivity contribution in [3.63, 3.8) is 0 Å². The summed E-state index contributed by atoms with van der Waals surface area (Å²) in [5, 5.41) is 4.18. The smallest absolute Gasteiger partial charge is 0.0521 e. The first-order valence-electron chi connectivity index (χ1n) is 4.32. The van der Waals surface area contributed by atoms with Crippen molar-refractivity contribution in [2.24, 2.45) is 18.7 Å². The van der Waals surface area contributed by atoms with Crippen molar-refractivity contribution in [2.75, 3.05) is 6.54 Å². The number of rotatable bonds is 3. The van der Waals surface area contributed by atoms with Gasteiger partial charge in [-0.05, 0) is 31.4 Å². The number of nitrogens with two attached hydrogens (primary N) is 1. The molecule has 1 atom stereocenters. The van der Waals surface area contributed by atoms with Crippen LogP contribution in [-0.4, -0.2) is 16.3 Å². The molecular formula is C9H17N3.